The Morgan fingerprint density at radius 1 is 0.857 bits per heavy atom. The molecule has 8 heteroatoms. The maximum atomic E-state index is 5.07. The van der Waals surface area contributed by atoms with Crippen LogP contribution in [0.1, 0.15) is 0 Å². The Morgan fingerprint density at radius 2 is 1.07 bits per heavy atom. The molecular formula is C6H14N2S6. The highest BCUT2D eigenvalue weighted by molar-refractivity contribution is 8.89. The van der Waals surface area contributed by atoms with Crippen molar-refractivity contribution in [2.45, 2.75) is 0 Å². The first-order chi connectivity index (χ1) is 6.45. The molecule has 0 rings (SSSR count). The molecule has 0 aromatic carbocycles. The van der Waals surface area contributed by atoms with E-state index < -0.39 is 0 Å². The Balaban J connectivity index is 0. The fourth-order valence-electron chi connectivity index (χ4n) is 0.220. The summed E-state index contributed by atoms with van der Waals surface area (Å²) >= 11 is 16.6. The molecule has 0 saturated heterocycles. The third-order valence-electron chi connectivity index (χ3n) is 0.915. The van der Waals surface area contributed by atoms with Crippen LogP contribution in [0.25, 0.3) is 0 Å². The molecule has 0 bridgehead atoms. The topological polar surface area (TPSA) is 6.48 Å². The number of hydrogen-bond acceptors (Lipinski definition) is 6. The van der Waals surface area contributed by atoms with E-state index in [4.69, 9.17) is 24.4 Å². The van der Waals surface area contributed by atoms with E-state index in [1.165, 1.54) is 21.6 Å². The van der Waals surface area contributed by atoms with Gasteiger partial charge in [-0.15, -0.1) is 23.3 Å². The largest absolute Gasteiger partial charge is 0.363 e. The van der Waals surface area contributed by atoms with Crippen LogP contribution in [0.4, 0.5) is 0 Å². The van der Waals surface area contributed by atoms with Crippen molar-refractivity contribution >= 4 is 78.0 Å². The van der Waals surface area contributed by atoms with Gasteiger partial charge in [0.25, 0.3) is 0 Å². The van der Waals surface area contributed by atoms with Crippen molar-refractivity contribution in [1.82, 2.24) is 9.80 Å². The van der Waals surface area contributed by atoms with Gasteiger partial charge in [0.15, 0.2) is 0 Å². The van der Waals surface area contributed by atoms with E-state index in [1.807, 2.05) is 38.0 Å². The highest BCUT2D eigenvalue weighted by atomic mass is 33.1. The molecule has 0 fully saturated rings. The van der Waals surface area contributed by atoms with E-state index >= 15 is 0 Å². The molecule has 0 aliphatic rings. The van der Waals surface area contributed by atoms with Crippen molar-refractivity contribution < 1.29 is 0 Å². The monoisotopic (exact) mass is 306 g/mol. The lowest BCUT2D eigenvalue weighted by Crippen LogP contribution is -2.18. The lowest BCUT2D eigenvalue weighted by molar-refractivity contribution is 0.647. The van der Waals surface area contributed by atoms with E-state index in [9.17, 15) is 0 Å². The molecule has 0 N–H and O–H groups in total. The van der Waals surface area contributed by atoms with Crippen molar-refractivity contribution in [2.75, 3.05) is 28.2 Å². The van der Waals surface area contributed by atoms with Gasteiger partial charge in [-0.3, -0.25) is 0 Å². The molecule has 0 atom stereocenters. The van der Waals surface area contributed by atoms with Crippen LogP contribution in [0.5, 0.6) is 0 Å². The summed E-state index contributed by atoms with van der Waals surface area (Å²) in [7, 11) is 10.7. The van der Waals surface area contributed by atoms with Crippen LogP contribution in [-0.4, -0.2) is 46.6 Å². The van der Waals surface area contributed by atoms with Crippen LogP contribution in [-0.2, 0) is 0 Å². The van der Waals surface area contributed by atoms with E-state index in [1.54, 1.807) is 0 Å². The standard InChI is InChI=1S/C6H12N2S4.H2S2/c1-7(2)5(9)11-12-6(10)8(3)4;1-2/h1-4H3;1-2H. The summed E-state index contributed by atoms with van der Waals surface area (Å²) in [5, 5.41) is 0. The summed E-state index contributed by atoms with van der Waals surface area (Å²) in [6.45, 7) is 0. The van der Waals surface area contributed by atoms with Gasteiger partial charge in [-0.2, -0.15) is 0 Å². The van der Waals surface area contributed by atoms with Crippen LogP contribution in [0.15, 0.2) is 0 Å². The molecule has 2 nitrogen and oxygen atoms in total. The number of thiocarbonyl (C=S) groups is 2. The summed E-state index contributed by atoms with van der Waals surface area (Å²) in [6.07, 6.45) is 0. The van der Waals surface area contributed by atoms with Crippen LogP contribution in [0, 0.1) is 0 Å². The second-order valence-corrected chi connectivity index (χ2v) is 5.88. The third-order valence-corrected chi connectivity index (χ3v) is 5.07. The number of thiol groups is 2. The van der Waals surface area contributed by atoms with Crippen molar-refractivity contribution in [3.63, 3.8) is 0 Å². The zero-order valence-corrected chi connectivity index (χ0v) is 13.5. The molecule has 84 valence electrons. The molecule has 0 aromatic heterocycles. The van der Waals surface area contributed by atoms with Crippen molar-refractivity contribution in [3.05, 3.63) is 0 Å². The van der Waals surface area contributed by atoms with Gasteiger partial charge in [-0.05, 0) is 21.6 Å². The first kappa shape index (κ1) is 17.6. The van der Waals surface area contributed by atoms with Gasteiger partial charge in [0, 0.05) is 28.2 Å². The summed E-state index contributed by atoms with van der Waals surface area (Å²) in [6, 6.07) is 0. The summed E-state index contributed by atoms with van der Waals surface area (Å²) in [4.78, 5) is 3.79. The minimum Gasteiger partial charge on any atom is -0.363 e. The first-order valence-electron chi connectivity index (χ1n) is 3.42. The quantitative estimate of drug-likeness (QED) is 0.401. The van der Waals surface area contributed by atoms with E-state index in [2.05, 4.69) is 23.3 Å². The average molecular weight is 307 g/mol. The van der Waals surface area contributed by atoms with E-state index in [-0.39, 0.29) is 0 Å². The fourth-order valence-corrected chi connectivity index (χ4v) is 2.60. The molecule has 0 unspecified atom stereocenters. The molecule has 0 aliphatic carbocycles. The average Bonchev–Trinajstić information content (AvgIpc) is 2.16. The molecule has 0 heterocycles. The molecule has 14 heavy (non-hydrogen) atoms. The summed E-state index contributed by atoms with van der Waals surface area (Å²) < 4.78 is 1.67. The number of hydrogen-bond donors (Lipinski definition) is 2. The van der Waals surface area contributed by atoms with Gasteiger partial charge in [0.2, 0.25) is 0 Å². The SMILES string of the molecule is CN(C)C(=S)SSC(=S)N(C)C.SS. The van der Waals surface area contributed by atoms with Gasteiger partial charge in [-0.25, -0.2) is 0 Å². The minimum absolute atomic E-state index is 0.837. The normalized spacial score (nSPS) is 8.43. The van der Waals surface area contributed by atoms with Gasteiger partial charge in [0.05, 0.1) is 0 Å². The van der Waals surface area contributed by atoms with Crippen LogP contribution < -0.4 is 0 Å². The van der Waals surface area contributed by atoms with Crippen molar-refractivity contribution in [3.8, 4) is 0 Å². The number of nitrogens with zero attached hydrogens (tertiary/aromatic N) is 2. The van der Waals surface area contributed by atoms with Gasteiger partial charge in [-0.1, -0.05) is 24.4 Å². The molecule has 0 amide bonds. The minimum atomic E-state index is 0.837. The summed E-state index contributed by atoms with van der Waals surface area (Å²) in [5.41, 5.74) is 0. The van der Waals surface area contributed by atoms with Gasteiger partial charge >= 0.3 is 0 Å². The summed E-state index contributed by atoms with van der Waals surface area (Å²) in [5.74, 6) is 0. The first-order valence-corrected chi connectivity index (χ1v) is 7.99. The lowest BCUT2D eigenvalue weighted by Gasteiger charge is -2.15. The zero-order chi connectivity index (χ0) is 11.7. The lowest BCUT2D eigenvalue weighted by atomic mass is 11.0. The predicted octanol–water partition coefficient (Wildman–Crippen LogP) is 2.82. The second-order valence-electron chi connectivity index (χ2n) is 2.49. The smallest absolute Gasteiger partial charge is 0.146 e. The van der Waals surface area contributed by atoms with Gasteiger partial charge < -0.3 is 9.80 Å². The maximum absolute atomic E-state index is 5.07. The van der Waals surface area contributed by atoms with Crippen molar-refractivity contribution in [1.29, 1.82) is 0 Å². The van der Waals surface area contributed by atoms with E-state index in [0.29, 0.717) is 0 Å². The third kappa shape index (κ3) is 9.72. The second kappa shape index (κ2) is 10.7. The highest BCUT2D eigenvalue weighted by Crippen LogP contribution is 2.26. The van der Waals surface area contributed by atoms with Crippen LogP contribution in [0.2, 0.25) is 0 Å². The Hall–Kier alpha value is 1.18. The molecular weight excluding hydrogens is 292 g/mol. The Labute approximate surface area is 115 Å². The fraction of sp³-hybridized carbons (Fsp3) is 0.667. The molecule has 0 aliphatic heterocycles. The number of rotatable bonds is 0. The highest BCUT2D eigenvalue weighted by Gasteiger charge is 2.04. The predicted molar refractivity (Wildman–Crippen MR) is 85.7 cm³/mol. The zero-order valence-electron chi connectivity index (χ0n) is 8.42. The Kier molecular flexibility index (Phi) is 13.4. The molecule has 0 spiro atoms. The molecule has 0 aromatic rings. The van der Waals surface area contributed by atoms with Crippen LogP contribution >= 0.6 is 69.3 Å². The Bertz CT molecular complexity index is 161. The van der Waals surface area contributed by atoms with Crippen molar-refractivity contribution in [2.24, 2.45) is 0 Å². The maximum Gasteiger partial charge on any atom is 0.146 e. The van der Waals surface area contributed by atoms with Crippen LogP contribution in [0.3, 0.4) is 0 Å². The van der Waals surface area contributed by atoms with E-state index in [0.717, 1.165) is 8.64 Å². The Morgan fingerprint density at radius 3 is 1.21 bits per heavy atom. The molecule has 0 saturated carbocycles. The molecule has 0 radical (unpaired) electrons. The van der Waals surface area contributed by atoms with Gasteiger partial charge in [0.1, 0.15) is 8.64 Å².